The number of anilines is 1. The average Bonchev–Trinajstić information content (AvgIpc) is 3.49. The Morgan fingerprint density at radius 2 is 2.19 bits per heavy atom. The molecule has 160 valence electrons. The van der Waals surface area contributed by atoms with Gasteiger partial charge in [-0.2, -0.15) is 0 Å². The van der Waals surface area contributed by atoms with E-state index in [1.807, 2.05) is 0 Å². The van der Waals surface area contributed by atoms with Crippen molar-refractivity contribution < 1.29 is 18.7 Å². The van der Waals surface area contributed by atoms with Crippen LogP contribution in [0.4, 0.5) is 10.2 Å². The predicted octanol–water partition coefficient (Wildman–Crippen LogP) is 2.82. The Kier molecular flexibility index (Phi) is 4.68. The van der Waals surface area contributed by atoms with Crippen LogP contribution in [0.5, 0.6) is 5.75 Å². The number of hydrogen-bond donors (Lipinski definition) is 1. The Morgan fingerprint density at radius 1 is 1.32 bits per heavy atom. The van der Waals surface area contributed by atoms with Gasteiger partial charge in [-0.1, -0.05) is 0 Å². The van der Waals surface area contributed by atoms with Gasteiger partial charge in [-0.05, 0) is 31.0 Å². The summed E-state index contributed by atoms with van der Waals surface area (Å²) < 4.78 is 26.8. The number of halogens is 1. The summed E-state index contributed by atoms with van der Waals surface area (Å²) in [6.45, 7) is 1.12. The van der Waals surface area contributed by atoms with E-state index in [0.717, 1.165) is 30.7 Å². The fourth-order valence-corrected chi connectivity index (χ4v) is 4.29. The molecule has 0 amide bonds. The second-order valence-corrected chi connectivity index (χ2v) is 7.49. The van der Waals surface area contributed by atoms with Crippen LogP contribution in [0.3, 0.4) is 0 Å². The Bertz CT molecular complexity index is 1280. The van der Waals surface area contributed by atoms with E-state index in [1.165, 1.54) is 25.6 Å². The molecule has 1 aromatic carbocycles. The number of rotatable bonds is 5. The molecule has 1 saturated heterocycles. The van der Waals surface area contributed by atoms with E-state index in [9.17, 15) is 9.18 Å². The number of fused-ring (bicyclic) bond motifs is 2. The molecule has 5 rings (SSSR count). The molecule has 1 fully saturated rings. The lowest BCUT2D eigenvalue weighted by atomic mass is 10.2. The monoisotopic (exact) mass is 424 g/mol. The molecule has 1 aliphatic heterocycles. The average molecular weight is 424 g/mol. The van der Waals surface area contributed by atoms with Crippen LogP contribution >= 0.6 is 0 Å². The predicted molar refractivity (Wildman–Crippen MR) is 112 cm³/mol. The number of H-pyrrole nitrogens is 1. The van der Waals surface area contributed by atoms with Crippen LogP contribution in [-0.2, 0) is 11.8 Å². The minimum absolute atomic E-state index is 0.0238. The number of methoxy groups -OCH3 is 1. The number of ether oxygens (including phenoxy) is 2. The van der Waals surface area contributed by atoms with E-state index in [-0.39, 0.29) is 11.7 Å². The summed E-state index contributed by atoms with van der Waals surface area (Å²) in [5.74, 6) is 0.160. The van der Waals surface area contributed by atoms with Gasteiger partial charge in [0, 0.05) is 19.0 Å². The third-order valence-corrected chi connectivity index (χ3v) is 5.77. The SMILES string of the molecule is COC(=O)c1c(OC[C@H]2CCCN2c2ncnc3nc[nH]c23)c2cc(F)ccc2n1C. The minimum atomic E-state index is -0.535. The summed E-state index contributed by atoms with van der Waals surface area (Å²) in [4.78, 5) is 30.5. The lowest BCUT2D eigenvalue weighted by Gasteiger charge is -2.26. The second-order valence-electron chi connectivity index (χ2n) is 7.49. The van der Waals surface area contributed by atoms with E-state index in [0.29, 0.717) is 28.9 Å². The number of benzene rings is 1. The Balaban J connectivity index is 1.48. The van der Waals surface area contributed by atoms with E-state index >= 15 is 0 Å². The maximum atomic E-state index is 14.0. The van der Waals surface area contributed by atoms with Gasteiger partial charge < -0.3 is 23.9 Å². The number of nitrogens with one attached hydrogen (secondary N) is 1. The van der Waals surface area contributed by atoms with Crippen molar-refractivity contribution in [1.29, 1.82) is 0 Å². The van der Waals surface area contributed by atoms with E-state index in [1.54, 1.807) is 24.0 Å². The molecule has 1 N–H and O–H groups in total. The molecule has 9 nitrogen and oxygen atoms in total. The highest BCUT2D eigenvalue weighted by molar-refractivity contribution is 6.01. The number of aryl methyl sites for hydroxylation is 1. The molecule has 3 aromatic heterocycles. The van der Waals surface area contributed by atoms with Crippen LogP contribution in [0, 0.1) is 5.82 Å². The van der Waals surface area contributed by atoms with Crippen molar-refractivity contribution in [3.8, 4) is 5.75 Å². The molecule has 1 aliphatic rings. The number of esters is 1. The summed E-state index contributed by atoms with van der Waals surface area (Å²) in [6.07, 6.45) is 4.96. The first-order valence-electron chi connectivity index (χ1n) is 9.98. The van der Waals surface area contributed by atoms with Crippen molar-refractivity contribution in [3.63, 3.8) is 0 Å². The van der Waals surface area contributed by atoms with E-state index in [2.05, 4.69) is 24.8 Å². The van der Waals surface area contributed by atoms with Gasteiger partial charge in [-0.25, -0.2) is 24.1 Å². The van der Waals surface area contributed by atoms with Gasteiger partial charge in [-0.15, -0.1) is 0 Å². The number of aromatic nitrogens is 5. The maximum Gasteiger partial charge on any atom is 0.358 e. The highest BCUT2D eigenvalue weighted by Gasteiger charge is 2.30. The van der Waals surface area contributed by atoms with Crippen LogP contribution in [0.15, 0.2) is 30.9 Å². The van der Waals surface area contributed by atoms with Crippen molar-refractivity contribution in [2.24, 2.45) is 7.05 Å². The molecule has 0 saturated carbocycles. The van der Waals surface area contributed by atoms with E-state index < -0.39 is 11.8 Å². The van der Waals surface area contributed by atoms with Crippen molar-refractivity contribution in [2.45, 2.75) is 18.9 Å². The second kappa shape index (κ2) is 7.53. The van der Waals surface area contributed by atoms with Crippen molar-refractivity contribution in [2.75, 3.05) is 25.2 Å². The normalized spacial score (nSPS) is 16.4. The fraction of sp³-hybridized carbons (Fsp3) is 0.333. The van der Waals surface area contributed by atoms with Gasteiger partial charge in [0.25, 0.3) is 0 Å². The topological polar surface area (TPSA) is 98.2 Å². The first-order chi connectivity index (χ1) is 15.1. The van der Waals surface area contributed by atoms with Gasteiger partial charge in [0.15, 0.2) is 22.9 Å². The summed E-state index contributed by atoms with van der Waals surface area (Å²) in [7, 11) is 3.05. The number of nitrogens with zero attached hydrogens (tertiary/aromatic N) is 5. The Morgan fingerprint density at radius 3 is 3.03 bits per heavy atom. The van der Waals surface area contributed by atoms with Crippen LogP contribution in [0.25, 0.3) is 22.1 Å². The van der Waals surface area contributed by atoms with Gasteiger partial charge in [0.1, 0.15) is 24.3 Å². The van der Waals surface area contributed by atoms with Crippen molar-refractivity contribution in [1.82, 2.24) is 24.5 Å². The lowest BCUT2D eigenvalue weighted by molar-refractivity contribution is 0.0585. The minimum Gasteiger partial charge on any atom is -0.488 e. The third kappa shape index (κ3) is 3.15. The summed E-state index contributed by atoms with van der Waals surface area (Å²) >= 11 is 0. The van der Waals surface area contributed by atoms with Gasteiger partial charge >= 0.3 is 5.97 Å². The molecule has 31 heavy (non-hydrogen) atoms. The summed E-state index contributed by atoms with van der Waals surface area (Å²) in [5, 5.41) is 0.533. The highest BCUT2D eigenvalue weighted by Crippen LogP contribution is 2.35. The van der Waals surface area contributed by atoms with Crippen molar-refractivity contribution in [3.05, 3.63) is 42.4 Å². The molecule has 4 heterocycles. The lowest BCUT2D eigenvalue weighted by Crippen LogP contribution is -2.35. The summed E-state index contributed by atoms with van der Waals surface area (Å²) in [5.41, 5.74) is 2.33. The maximum absolute atomic E-state index is 14.0. The number of carbonyl (C=O) groups excluding carboxylic acids is 1. The van der Waals surface area contributed by atoms with Gasteiger partial charge in [0.2, 0.25) is 0 Å². The zero-order valence-electron chi connectivity index (χ0n) is 17.1. The quantitative estimate of drug-likeness (QED) is 0.492. The summed E-state index contributed by atoms with van der Waals surface area (Å²) in [6, 6.07) is 4.39. The van der Waals surface area contributed by atoms with Gasteiger partial charge in [-0.3, -0.25) is 0 Å². The van der Waals surface area contributed by atoms with Crippen LogP contribution < -0.4 is 9.64 Å². The molecule has 0 spiro atoms. The molecular weight excluding hydrogens is 403 g/mol. The first-order valence-corrected chi connectivity index (χ1v) is 9.98. The van der Waals surface area contributed by atoms with Crippen molar-refractivity contribution >= 4 is 33.9 Å². The number of aromatic amines is 1. The Labute approximate surface area is 176 Å². The third-order valence-electron chi connectivity index (χ3n) is 5.77. The van der Waals surface area contributed by atoms with E-state index in [4.69, 9.17) is 9.47 Å². The van der Waals surface area contributed by atoms with Crippen LogP contribution in [-0.4, -0.2) is 56.8 Å². The zero-order valence-corrected chi connectivity index (χ0v) is 17.1. The van der Waals surface area contributed by atoms with Crippen LogP contribution in [0.1, 0.15) is 23.3 Å². The molecule has 10 heteroatoms. The first kappa shape index (κ1) is 19.3. The number of hydrogen-bond acceptors (Lipinski definition) is 7. The molecule has 0 radical (unpaired) electrons. The largest absolute Gasteiger partial charge is 0.488 e. The molecule has 0 bridgehead atoms. The zero-order chi connectivity index (χ0) is 21.5. The molecule has 0 unspecified atom stereocenters. The molecular formula is C21H21FN6O3. The Hall–Kier alpha value is -3.69. The molecule has 1 atom stereocenters. The standard InChI is InChI=1S/C21H21FN6O3/c1-27-15-6-5-12(22)8-14(15)18(17(27)21(29)30-2)31-9-13-4-3-7-28(13)20-16-19(24-10-23-16)25-11-26-20/h5-6,8,10-11,13H,3-4,7,9H2,1-2H3,(H,23,24,25,26)/t13-/m1/s1. The van der Waals surface area contributed by atoms with Crippen LogP contribution in [0.2, 0.25) is 0 Å². The molecule has 4 aromatic rings. The fourth-order valence-electron chi connectivity index (χ4n) is 4.29. The molecule has 0 aliphatic carbocycles. The smallest absolute Gasteiger partial charge is 0.358 e. The number of imidazole rings is 1. The highest BCUT2D eigenvalue weighted by atomic mass is 19.1. The number of carbonyl (C=O) groups is 1. The van der Waals surface area contributed by atoms with Gasteiger partial charge in [0.05, 0.1) is 25.0 Å².